The molecular weight excluding hydrogens is 333 g/mol. The van der Waals surface area contributed by atoms with Crippen LogP contribution in [-0.4, -0.2) is 31.8 Å². The molecule has 1 aromatic rings. The average molecular weight is 337 g/mol. The van der Waals surface area contributed by atoms with Crippen molar-refractivity contribution < 1.29 is 36.0 Å². The Labute approximate surface area is 113 Å². The van der Waals surface area contributed by atoms with E-state index in [-0.39, 0.29) is 0 Å². The van der Waals surface area contributed by atoms with Crippen LogP contribution in [0.2, 0.25) is 0 Å². The van der Waals surface area contributed by atoms with Crippen LogP contribution in [0.3, 0.4) is 0 Å². The van der Waals surface area contributed by atoms with E-state index < -0.39 is 42.7 Å². The van der Waals surface area contributed by atoms with Gasteiger partial charge in [0.05, 0.1) is 12.0 Å². The molecule has 0 aliphatic rings. The van der Waals surface area contributed by atoms with E-state index in [0.717, 1.165) is 7.11 Å². The Morgan fingerprint density at radius 1 is 1.45 bits per heavy atom. The summed E-state index contributed by atoms with van der Waals surface area (Å²) in [6.45, 7) is 0. The van der Waals surface area contributed by atoms with Crippen molar-refractivity contribution in [3.05, 3.63) is 16.2 Å². The van der Waals surface area contributed by atoms with E-state index in [0.29, 0.717) is 6.07 Å². The summed E-state index contributed by atoms with van der Waals surface area (Å²) < 4.78 is 66.5. The summed E-state index contributed by atoms with van der Waals surface area (Å²) in [5.74, 6) is -2.25. The van der Waals surface area contributed by atoms with E-state index in [9.17, 15) is 31.7 Å². The van der Waals surface area contributed by atoms with Crippen molar-refractivity contribution in [1.82, 2.24) is 4.98 Å². The first kappa shape index (κ1) is 16.2. The van der Waals surface area contributed by atoms with Crippen molar-refractivity contribution in [3.8, 4) is 11.8 Å². The molecule has 0 aromatic carbocycles. The fourth-order valence-corrected chi connectivity index (χ4v) is 2.10. The highest BCUT2D eigenvalue weighted by molar-refractivity contribution is 8.13. The Morgan fingerprint density at radius 2 is 2.00 bits per heavy atom. The molecule has 0 N–H and O–H groups in total. The summed E-state index contributed by atoms with van der Waals surface area (Å²) >= 11 is 0. The molecule has 112 valence electrons. The Balaban J connectivity index is 3.68. The van der Waals surface area contributed by atoms with Gasteiger partial charge in [-0.3, -0.25) is 10.1 Å². The van der Waals surface area contributed by atoms with Crippen molar-refractivity contribution in [1.29, 1.82) is 0 Å². The Morgan fingerprint density at radius 3 is 2.35 bits per heavy atom. The summed E-state index contributed by atoms with van der Waals surface area (Å²) in [4.78, 5) is 11.1. The van der Waals surface area contributed by atoms with E-state index >= 15 is 0 Å². The molecule has 0 saturated heterocycles. The molecule has 0 spiro atoms. The zero-order valence-corrected chi connectivity index (χ0v) is 10.9. The number of hydrogen-bond acceptors (Lipinski definition) is 7. The van der Waals surface area contributed by atoms with Crippen molar-refractivity contribution in [2.24, 2.45) is 0 Å². The maximum Gasteiger partial charge on any atom is 0.574 e. The number of methoxy groups -OCH3 is 1. The van der Waals surface area contributed by atoms with Crippen LogP contribution in [0, 0.1) is 10.1 Å². The quantitative estimate of drug-likeness (QED) is 0.468. The minimum Gasteiger partial charge on any atom is -0.481 e. The third kappa shape index (κ3) is 3.84. The van der Waals surface area contributed by atoms with Crippen molar-refractivity contribution >= 4 is 25.4 Å². The first-order valence-corrected chi connectivity index (χ1v) is 6.70. The number of ether oxygens (including phenoxy) is 2. The SMILES string of the molecule is COc1cc(S(=O)(=O)Cl)c([N+](=O)[O-])c(OC(F)(F)F)n1. The van der Waals surface area contributed by atoms with Crippen molar-refractivity contribution in [2.45, 2.75) is 11.3 Å². The first-order valence-electron chi connectivity index (χ1n) is 4.39. The van der Waals surface area contributed by atoms with E-state index in [4.69, 9.17) is 10.7 Å². The molecule has 0 unspecified atom stereocenters. The van der Waals surface area contributed by atoms with Crippen LogP contribution in [0.5, 0.6) is 11.8 Å². The van der Waals surface area contributed by atoms with E-state index in [1.165, 1.54) is 0 Å². The van der Waals surface area contributed by atoms with Crippen molar-refractivity contribution in [3.63, 3.8) is 0 Å². The van der Waals surface area contributed by atoms with Gasteiger partial charge >= 0.3 is 17.9 Å². The van der Waals surface area contributed by atoms with Gasteiger partial charge in [-0.25, -0.2) is 8.42 Å². The summed E-state index contributed by atoms with van der Waals surface area (Å²) in [6.07, 6.45) is -5.32. The molecule has 13 heteroatoms. The highest BCUT2D eigenvalue weighted by Crippen LogP contribution is 2.39. The maximum absolute atomic E-state index is 12.1. The average Bonchev–Trinajstić information content (AvgIpc) is 2.23. The van der Waals surface area contributed by atoms with Gasteiger partial charge in [-0.1, -0.05) is 0 Å². The summed E-state index contributed by atoms with van der Waals surface area (Å²) in [5, 5.41) is 10.7. The van der Waals surface area contributed by atoms with Crippen LogP contribution in [0.25, 0.3) is 0 Å². The Bertz CT molecular complexity index is 647. The van der Waals surface area contributed by atoms with E-state index in [1.54, 1.807) is 0 Å². The molecule has 8 nitrogen and oxygen atoms in total. The summed E-state index contributed by atoms with van der Waals surface area (Å²) in [6, 6.07) is 0.504. The molecule has 0 fully saturated rings. The van der Waals surface area contributed by atoms with Gasteiger partial charge in [-0.15, -0.1) is 13.2 Å². The molecule has 20 heavy (non-hydrogen) atoms. The lowest BCUT2D eigenvalue weighted by molar-refractivity contribution is -0.392. The zero-order chi connectivity index (χ0) is 15.7. The molecule has 0 radical (unpaired) electrons. The van der Waals surface area contributed by atoms with Gasteiger partial charge in [0.2, 0.25) is 5.88 Å². The number of nitrogens with zero attached hydrogens (tertiary/aromatic N) is 2. The van der Waals surface area contributed by atoms with Crippen LogP contribution < -0.4 is 9.47 Å². The lowest BCUT2D eigenvalue weighted by Gasteiger charge is -2.10. The van der Waals surface area contributed by atoms with Gasteiger partial charge in [-0.2, -0.15) is 4.98 Å². The number of nitro groups is 1. The largest absolute Gasteiger partial charge is 0.574 e. The number of rotatable bonds is 4. The molecule has 0 saturated carbocycles. The lowest BCUT2D eigenvalue weighted by atomic mass is 10.4. The van der Waals surface area contributed by atoms with Crippen LogP contribution in [-0.2, 0) is 9.05 Å². The van der Waals surface area contributed by atoms with Crippen molar-refractivity contribution in [2.75, 3.05) is 7.11 Å². The zero-order valence-electron chi connectivity index (χ0n) is 9.34. The van der Waals surface area contributed by atoms with Gasteiger partial charge in [0, 0.05) is 16.7 Å². The van der Waals surface area contributed by atoms with E-state index in [1.807, 2.05) is 0 Å². The monoisotopic (exact) mass is 336 g/mol. The number of alkyl halides is 3. The second kappa shape index (κ2) is 5.28. The predicted octanol–water partition coefficient (Wildman–Crippen LogP) is 1.82. The molecule has 1 aromatic heterocycles. The number of pyridine rings is 1. The highest BCUT2D eigenvalue weighted by Gasteiger charge is 2.39. The van der Waals surface area contributed by atoms with Crippen LogP contribution in [0.15, 0.2) is 11.0 Å². The molecule has 0 aliphatic carbocycles. The molecule has 0 aliphatic heterocycles. The van der Waals surface area contributed by atoms with Gasteiger partial charge in [0.15, 0.2) is 4.90 Å². The van der Waals surface area contributed by atoms with Gasteiger partial charge in [0.25, 0.3) is 9.05 Å². The summed E-state index contributed by atoms with van der Waals surface area (Å²) in [5.41, 5.74) is -1.54. The van der Waals surface area contributed by atoms with Crippen LogP contribution in [0.4, 0.5) is 18.9 Å². The fourth-order valence-electron chi connectivity index (χ4n) is 1.11. The number of hydrogen-bond donors (Lipinski definition) is 0. The summed E-state index contributed by atoms with van der Waals surface area (Å²) in [7, 11) is 1.16. The molecule has 1 heterocycles. The smallest absolute Gasteiger partial charge is 0.481 e. The molecule has 0 amide bonds. The minimum absolute atomic E-state index is 0.504. The number of halogens is 4. The standard InChI is InChI=1S/C7H4ClF3N2O6S/c1-18-4-2-3(20(8,16)17)5(13(14)15)6(12-4)19-7(9,10)11/h2H,1H3. The maximum atomic E-state index is 12.1. The van der Waals surface area contributed by atoms with Gasteiger partial charge in [-0.05, 0) is 0 Å². The third-order valence-corrected chi connectivity index (χ3v) is 3.10. The van der Waals surface area contributed by atoms with Crippen LogP contribution >= 0.6 is 10.7 Å². The van der Waals surface area contributed by atoms with Gasteiger partial charge in [0.1, 0.15) is 0 Å². The van der Waals surface area contributed by atoms with Gasteiger partial charge < -0.3 is 9.47 Å². The molecule has 0 atom stereocenters. The number of aromatic nitrogens is 1. The normalized spacial score (nSPS) is 12.1. The third-order valence-electron chi connectivity index (χ3n) is 1.77. The lowest BCUT2D eigenvalue weighted by Crippen LogP contribution is -2.19. The second-order valence-electron chi connectivity index (χ2n) is 3.06. The molecule has 1 rings (SSSR count). The predicted molar refractivity (Wildman–Crippen MR) is 57.2 cm³/mol. The van der Waals surface area contributed by atoms with E-state index in [2.05, 4.69) is 14.5 Å². The Hall–Kier alpha value is -1.82. The fraction of sp³-hybridized carbons (Fsp3) is 0.286. The first-order chi connectivity index (χ1) is 8.95. The topological polar surface area (TPSA) is 109 Å². The highest BCUT2D eigenvalue weighted by atomic mass is 35.7. The minimum atomic E-state index is -5.32. The molecular formula is C7H4ClF3N2O6S. The van der Waals surface area contributed by atoms with Crippen LogP contribution in [0.1, 0.15) is 0 Å². The second-order valence-corrected chi connectivity index (χ2v) is 5.59. The Kier molecular flexibility index (Phi) is 4.29. The molecule has 0 bridgehead atoms.